The molecular weight excluding hydrogens is 336 g/mol. The smallest absolute Gasteiger partial charge is 0.321 e. The largest absolute Gasteiger partial charge is 0.464 e. The van der Waals surface area contributed by atoms with Crippen LogP contribution in [0.25, 0.3) is 11.0 Å². The summed E-state index contributed by atoms with van der Waals surface area (Å²) in [4.78, 5) is 35.6. The minimum absolute atomic E-state index is 0.0225. The van der Waals surface area contributed by atoms with Crippen LogP contribution < -0.4 is 10.6 Å². The molecule has 2 aromatic rings. The summed E-state index contributed by atoms with van der Waals surface area (Å²) in [7, 11) is 0. The van der Waals surface area contributed by atoms with E-state index < -0.39 is 24.0 Å². The molecule has 0 aliphatic heterocycles. The summed E-state index contributed by atoms with van der Waals surface area (Å²) >= 11 is 0. The maximum Gasteiger partial charge on any atom is 0.321 e. The highest BCUT2D eigenvalue weighted by Gasteiger charge is 2.21. The van der Waals surface area contributed by atoms with E-state index in [9.17, 15) is 14.4 Å². The number of fused-ring (bicyclic) bond motifs is 1. The number of rotatable bonds is 5. The van der Waals surface area contributed by atoms with Gasteiger partial charge in [0.1, 0.15) is 5.58 Å². The van der Waals surface area contributed by atoms with Crippen molar-refractivity contribution < 1.29 is 23.5 Å². The van der Waals surface area contributed by atoms with Crippen LogP contribution in [0.1, 0.15) is 37.5 Å². The van der Waals surface area contributed by atoms with Gasteiger partial charge in [-0.2, -0.15) is 0 Å². The summed E-state index contributed by atoms with van der Waals surface area (Å²) in [5, 5.41) is 5.50. The fourth-order valence-corrected chi connectivity index (χ4v) is 2.48. The van der Waals surface area contributed by atoms with Crippen LogP contribution in [-0.2, 0) is 20.7 Å². The second-order valence-electron chi connectivity index (χ2n) is 6.57. The van der Waals surface area contributed by atoms with Crippen LogP contribution in [0.2, 0.25) is 0 Å². The minimum atomic E-state index is -1.08. The Hall–Kier alpha value is -2.83. The molecule has 0 unspecified atom stereocenters. The predicted molar refractivity (Wildman–Crippen MR) is 96.8 cm³/mol. The molecule has 26 heavy (non-hydrogen) atoms. The van der Waals surface area contributed by atoms with Crippen LogP contribution in [0.5, 0.6) is 0 Å². The lowest BCUT2D eigenvalue weighted by atomic mass is 10.0. The van der Waals surface area contributed by atoms with E-state index in [1.54, 1.807) is 13.8 Å². The van der Waals surface area contributed by atoms with Crippen molar-refractivity contribution in [3.05, 3.63) is 35.1 Å². The van der Waals surface area contributed by atoms with E-state index in [-0.39, 0.29) is 12.5 Å². The highest BCUT2D eigenvalue weighted by atomic mass is 16.5. The average Bonchev–Trinajstić information content (AvgIpc) is 2.93. The van der Waals surface area contributed by atoms with Gasteiger partial charge in [-0.1, -0.05) is 12.1 Å². The molecule has 0 fully saturated rings. The topological polar surface area (TPSA) is 97.6 Å². The number of amides is 3. The first kappa shape index (κ1) is 19.5. The van der Waals surface area contributed by atoms with E-state index in [0.717, 1.165) is 22.1 Å². The third-order valence-electron chi connectivity index (χ3n) is 4.01. The summed E-state index contributed by atoms with van der Waals surface area (Å²) in [5.74, 6) is -1.25. The van der Waals surface area contributed by atoms with Crippen LogP contribution >= 0.6 is 0 Å². The molecular formula is C19H24N2O5. The van der Waals surface area contributed by atoms with Crippen molar-refractivity contribution in [3.8, 4) is 0 Å². The molecule has 0 bridgehead atoms. The molecule has 1 atom stereocenters. The van der Waals surface area contributed by atoms with E-state index in [4.69, 9.17) is 9.15 Å². The van der Waals surface area contributed by atoms with Crippen molar-refractivity contribution in [2.75, 3.05) is 0 Å². The van der Waals surface area contributed by atoms with Gasteiger partial charge in [0.25, 0.3) is 5.91 Å². The SMILES string of the molecule is Cc1ccc2c(CC(=O)O[C@@H](C)C(=O)NC(=O)NC(C)C)coc2c1C. The standard InChI is InChI=1S/C19H24N2O5/c1-10(2)20-19(24)21-18(23)13(5)26-16(22)8-14-9-25-17-12(4)11(3)6-7-15(14)17/h6-7,9-10,13H,8H2,1-5H3,(H2,20,21,23,24)/t13-/m0/s1. The van der Waals surface area contributed by atoms with Crippen LogP contribution in [-0.4, -0.2) is 30.1 Å². The van der Waals surface area contributed by atoms with Crippen molar-refractivity contribution in [2.24, 2.45) is 0 Å². The van der Waals surface area contributed by atoms with E-state index in [2.05, 4.69) is 10.6 Å². The van der Waals surface area contributed by atoms with Crippen LogP contribution in [0.15, 0.2) is 22.8 Å². The lowest BCUT2D eigenvalue weighted by Crippen LogP contribution is -2.46. The third-order valence-corrected chi connectivity index (χ3v) is 4.01. The third kappa shape index (κ3) is 4.62. The van der Waals surface area contributed by atoms with Crippen molar-refractivity contribution in [2.45, 2.75) is 53.2 Å². The summed E-state index contributed by atoms with van der Waals surface area (Å²) in [5.41, 5.74) is 3.55. The molecule has 1 aromatic heterocycles. The number of carbonyl (C=O) groups is 3. The molecule has 0 radical (unpaired) electrons. The Morgan fingerprint density at radius 3 is 2.50 bits per heavy atom. The van der Waals surface area contributed by atoms with Gasteiger partial charge in [0.2, 0.25) is 0 Å². The average molecular weight is 360 g/mol. The second-order valence-corrected chi connectivity index (χ2v) is 6.57. The van der Waals surface area contributed by atoms with Gasteiger partial charge < -0.3 is 14.5 Å². The Morgan fingerprint density at radius 2 is 1.85 bits per heavy atom. The van der Waals surface area contributed by atoms with Gasteiger partial charge in [0.05, 0.1) is 12.7 Å². The first-order valence-electron chi connectivity index (χ1n) is 8.46. The van der Waals surface area contributed by atoms with E-state index >= 15 is 0 Å². The highest BCUT2D eigenvalue weighted by Crippen LogP contribution is 2.26. The number of imide groups is 1. The van der Waals surface area contributed by atoms with Gasteiger partial charge >= 0.3 is 12.0 Å². The van der Waals surface area contributed by atoms with Gasteiger partial charge in [-0.05, 0) is 45.7 Å². The van der Waals surface area contributed by atoms with Crippen LogP contribution in [0.3, 0.4) is 0 Å². The van der Waals surface area contributed by atoms with E-state index in [1.165, 1.54) is 13.2 Å². The Bertz CT molecular complexity index is 838. The Labute approximate surface area is 152 Å². The molecule has 0 saturated heterocycles. The highest BCUT2D eigenvalue weighted by molar-refractivity contribution is 5.97. The maximum atomic E-state index is 12.1. The fourth-order valence-electron chi connectivity index (χ4n) is 2.48. The molecule has 7 heteroatoms. The van der Waals surface area contributed by atoms with Gasteiger partial charge in [-0.3, -0.25) is 14.9 Å². The number of nitrogens with one attached hydrogen (secondary N) is 2. The zero-order chi connectivity index (χ0) is 19.4. The number of hydrogen-bond donors (Lipinski definition) is 2. The predicted octanol–water partition coefficient (Wildman–Crippen LogP) is 2.76. The molecule has 0 saturated carbocycles. The molecule has 140 valence electrons. The Kier molecular flexibility index (Phi) is 6.02. The number of ether oxygens (including phenoxy) is 1. The normalized spacial score (nSPS) is 12.1. The molecule has 7 nitrogen and oxygen atoms in total. The zero-order valence-electron chi connectivity index (χ0n) is 15.6. The Morgan fingerprint density at radius 1 is 1.15 bits per heavy atom. The Balaban J connectivity index is 1.97. The van der Waals surface area contributed by atoms with Crippen molar-refractivity contribution in [3.63, 3.8) is 0 Å². The molecule has 0 aliphatic rings. The van der Waals surface area contributed by atoms with E-state index in [0.29, 0.717) is 5.56 Å². The number of urea groups is 1. The first-order valence-corrected chi connectivity index (χ1v) is 8.46. The van der Waals surface area contributed by atoms with Gasteiger partial charge in [0.15, 0.2) is 6.10 Å². The second kappa shape index (κ2) is 8.03. The molecule has 2 rings (SSSR count). The van der Waals surface area contributed by atoms with Crippen molar-refractivity contribution in [1.29, 1.82) is 0 Å². The summed E-state index contributed by atoms with van der Waals surface area (Å²) in [6.07, 6.45) is 0.423. The molecule has 2 N–H and O–H groups in total. The fraction of sp³-hybridized carbons (Fsp3) is 0.421. The maximum absolute atomic E-state index is 12.1. The van der Waals surface area contributed by atoms with Gasteiger partial charge in [-0.25, -0.2) is 4.79 Å². The number of benzene rings is 1. The summed E-state index contributed by atoms with van der Waals surface area (Å²) in [6.45, 7) is 8.90. The molecule has 1 aromatic carbocycles. The first-order chi connectivity index (χ1) is 12.2. The molecule has 0 spiro atoms. The molecule has 3 amide bonds. The van der Waals surface area contributed by atoms with E-state index in [1.807, 2.05) is 26.0 Å². The van der Waals surface area contributed by atoms with Gasteiger partial charge in [-0.15, -0.1) is 0 Å². The molecule has 0 aliphatic carbocycles. The lowest BCUT2D eigenvalue weighted by molar-refractivity contribution is -0.153. The van der Waals surface area contributed by atoms with Crippen molar-refractivity contribution >= 4 is 28.9 Å². The number of aryl methyl sites for hydroxylation is 2. The van der Waals surface area contributed by atoms with Crippen molar-refractivity contribution in [1.82, 2.24) is 10.6 Å². The molecule has 1 heterocycles. The minimum Gasteiger partial charge on any atom is -0.464 e. The lowest BCUT2D eigenvalue weighted by Gasteiger charge is -2.14. The number of hydrogen-bond acceptors (Lipinski definition) is 5. The number of carbonyl (C=O) groups excluding carboxylic acids is 3. The summed E-state index contributed by atoms with van der Waals surface area (Å²) < 4.78 is 10.7. The summed E-state index contributed by atoms with van der Waals surface area (Å²) in [6, 6.07) is 3.13. The monoisotopic (exact) mass is 360 g/mol. The van der Waals surface area contributed by atoms with Crippen LogP contribution in [0, 0.1) is 13.8 Å². The van der Waals surface area contributed by atoms with Gasteiger partial charge in [0, 0.05) is 17.0 Å². The number of furan rings is 1. The zero-order valence-corrected chi connectivity index (χ0v) is 15.6. The number of esters is 1. The quantitative estimate of drug-likeness (QED) is 0.799. The van der Waals surface area contributed by atoms with Crippen LogP contribution in [0.4, 0.5) is 4.79 Å².